The van der Waals surface area contributed by atoms with Crippen LogP contribution >= 0.6 is 0 Å². The normalized spacial score (nSPS) is 39.9. The Morgan fingerprint density at radius 2 is 2.11 bits per heavy atom. The predicted octanol–water partition coefficient (Wildman–Crippen LogP) is 2.94. The maximum absolute atomic E-state index is 13.2. The van der Waals surface area contributed by atoms with Gasteiger partial charge in [0.15, 0.2) is 0 Å². The number of likely N-dealkylation sites (N-methyl/N-ethyl adjacent to an activating group) is 1. The van der Waals surface area contributed by atoms with Gasteiger partial charge in [-0.2, -0.15) is 0 Å². The first-order chi connectivity index (χ1) is 13.0. The third-order valence-corrected chi connectivity index (χ3v) is 8.03. The number of methoxy groups -OCH3 is 2. The number of rotatable bonds is 2. The number of fused-ring (bicyclic) bond motifs is 3. The van der Waals surface area contributed by atoms with E-state index in [0.29, 0.717) is 0 Å². The average Bonchev–Trinajstić information content (AvgIpc) is 3.03. The molecule has 4 fully saturated rings. The molecular weight excluding hydrogens is 340 g/mol. The highest BCUT2D eigenvalue weighted by molar-refractivity contribution is 5.82. The lowest BCUT2D eigenvalue weighted by Gasteiger charge is -2.54. The van der Waals surface area contributed by atoms with E-state index in [1.807, 2.05) is 6.07 Å². The highest BCUT2D eigenvalue weighted by atomic mass is 16.5. The van der Waals surface area contributed by atoms with Crippen LogP contribution in [0, 0.1) is 11.8 Å². The standard InChI is InChI=1S/C22H28N2O3/c1-5-14-13-24-11-10-21-17-12-15(26-3)6-7-18(17)23(2)22(21,24)9-8-16(14)19(21)20(25)27-4/h5-7,12,16,19H,8-11,13H2,1-4H3/b14-5-/t16?,19-,21-,22?/m0/s1. The van der Waals surface area contributed by atoms with Crippen molar-refractivity contribution in [2.75, 3.05) is 39.3 Å². The lowest BCUT2D eigenvalue weighted by Crippen LogP contribution is -2.66. The summed E-state index contributed by atoms with van der Waals surface area (Å²) in [7, 11) is 5.46. The molecule has 5 atom stereocenters. The summed E-state index contributed by atoms with van der Waals surface area (Å²) in [4.78, 5) is 18.3. The molecule has 5 heteroatoms. The number of benzene rings is 1. The average molecular weight is 368 g/mol. The van der Waals surface area contributed by atoms with Crippen LogP contribution in [-0.4, -0.2) is 50.9 Å². The molecule has 0 aromatic heterocycles. The number of allylic oxidation sites excluding steroid dienone is 1. The Balaban J connectivity index is 1.84. The highest BCUT2D eigenvalue weighted by Gasteiger charge is 2.75. The minimum absolute atomic E-state index is 0.0590. The van der Waals surface area contributed by atoms with Gasteiger partial charge in [0.1, 0.15) is 11.4 Å². The second kappa shape index (κ2) is 5.51. The molecule has 5 nitrogen and oxygen atoms in total. The van der Waals surface area contributed by atoms with E-state index in [1.165, 1.54) is 23.9 Å². The third kappa shape index (κ3) is 1.73. The molecule has 3 unspecified atom stereocenters. The summed E-state index contributed by atoms with van der Waals surface area (Å²) in [5.74, 6) is 0.912. The van der Waals surface area contributed by atoms with Crippen molar-refractivity contribution in [1.82, 2.24) is 4.90 Å². The molecule has 1 aromatic carbocycles. The molecule has 1 aliphatic carbocycles. The molecule has 1 saturated carbocycles. The van der Waals surface area contributed by atoms with E-state index in [0.717, 1.165) is 38.1 Å². The van der Waals surface area contributed by atoms with Gasteiger partial charge in [-0.25, -0.2) is 0 Å². The maximum atomic E-state index is 13.2. The van der Waals surface area contributed by atoms with Gasteiger partial charge in [-0.1, -0.05) is 11.6 Å². The number of nitrogens with zero attached hydrogens (tertiary/aromatic N) is 2. The zero-order valence-corrected chi connectivity index (χ0v) is 16.6. The Bertz CT molecular complexity index is 850. The molecule has 0 N–H and O–H groups in total. The summed E-state index contributed by atoms with van der Waals surface area (Å²) in [6.45, 7) is 4.08. The minimum atomic E-state index is -0.244. The van der Waals surface area contributed by atoms with Crippen LogP contribution in [-0.2, 0) is 14.9 Å². The second-order valence-corrected chi connectivity index (χ2v) is 8.41. The van der Waals surface area contributed by atoms with Crippen LogP contribution in [0.25, 0.3) is 0 Å². The molecule has 4 heterocycles. The molecule has 0 amide bonds. The molecule has 4 aliphatic heterocycles. The summed E-state index contributed by atoms with van der Waals surface area (Å²) in [5, 5.41) is 0. The fraction of sp³-hybridized carbons (Fsp3) is 0.591. The number of esters is 1. The summed E-state index contributed by atoms with van der Waals surface area (Å²) in [6.07, 6.45) is 5.34. The van der Waals surface area contributed by atoms with Crippen LogP contribution in [0.2, 0.25) is 0 Å². The first-order valence-corrected chi connectivity index (χ1v) is 9.95. The number of ether oxygens (including phenoxy) is 2. The largest absolute Gasteiger partial charge is 0.497 e. The molecule has 27 heavy (non-hydrogen) atoms. The molecule has 0 radical (unpaired) electrons. The van der Waals surface area contributed by atoms with Gasteiger partial charge in [0.25, 0.3) is 0 Å². The number of carbonyl (C=O) groups excluding carboxylic acids is 1. The van der Waals surface area contributed by atoms with Crippen LogP contribution in [0.1, 0.15) is 31.7 Å². The Hall–Kier alpha value is -2.01. The van der Waals surface area contributed by atoms with Gasteiger partial charge in [0.05, 0.1) is 20.1 Å². The van der Waals surface area contributed by atoms with Crippen molar-refractivity contribution < 1.29 is 14.3 Å². The van der Waals surface area contributed by atoms with E-state index >= 15 is 0 Å². The second-order valence-electron chi connectivity index (χ2n) is 8.41. The monoisotopic (exact) mass is 368 g/mol. The van der Waals surface area contributed by atoms with Crippen molar-refractivity contribution in [3.05, 3.63) is 35.4 Å². The molecule has 6 rings (SSSR count). The third-order valence-electron chi connectivity index (χ3n) is 8.03. The first kappa shape index (κ1) is 17.1. The van der Waals surface area contributed by atoms with Crippen LogP contribution < -0.4 is 9.64 Å². The van der Waals surface area contributed by atoms with E-state index in [1.54, 1.807) is 7.11 Å². The lowest BCUT2D eigenvalue weighted by molar-refractivity contribution is -0.154. The Morgan fingerprint density at radius 3 is 2.81 bits per heavy atom. The molecule has 5 aliphatic rings. The van der Waals surface area contributed by atoms with Crippen LogP contribution in [0.15, 0.2) is 29.8 Å². The number of hydrogen-bond donors (Lipinski definition) is 0. The smallest absolute Gasteiger partial charge is 0.310 e. The number of hydrogen-bond acceptors (Lipinski definition) is 5. The van der Waals surface area contributed by atoms with Crippen molar-refractivity contribution in [2.45, 2.75) is 37.3 Å². The minimum Gasteiger partial charge on any atom is -0.497 e. The predicted molar refractivity (Wildman–Crippen MR) is 104 cm³/mol. The van der Waals surface area contributed by atoms with Crippen LogP contribution in [0.5, 0.6) is 5.75 Å². The van der Waals surface area contributed by atoms with Crippen molar-refractivity contribution in [3.8, 4) is 5.75 Å². The summed E-state index contributed by atoms with van der Waals surface area (Å²) < 4.78 is 11.0. The van der Waals surface area contributed by atoms with Gasteiger partial charge >= 0.3 is 5.97 Å². The van der Waals surface area contributed by atoms with Crippen LogP contribution in [0.4, 0.5) is 5.69 Å². The fourth-order valence-corrected chi connectivity index (χ4v) is 7.06. The van der Waals surface area contributed by atoms with E-state index in [9.17, 15) is 4.79 Å². The fourth-order valence-electron chi connectivity index (χ4n) is 7.06. The van der Waals surface area contributed by atoms with Crippen molar-refractivity contribution in [3.63, 3.8) is 0 Å². The number of anilines is 1. The summed E-state index contributed by atoms with van der Waals surface area (Å²) >= 11 is 0. The van der Waals surface area contributed by atoms with Gasteiger partial charge in [0.2, 0.25) is 0 Å². The van der Waals surface area contributed by atoms with Crippen LogP contribution in [0.3, 0.4) is 0 Å². The topological polar surface area (TPSA) is 42.0 Å². The molecular formula is C22H28N2O3. The highest BCUT2D eigenvalue weighted by Crippen LogP contribution is 2.69. The Morgan fingerprint density at radius 1 is 1.30 bits per heavy atom. The van der Waals surface area contributed by atoms with Crippen molar-refractivity contribution in [1.29, 1.82) is 0 Å². The maximum Gasteiger partial charge on any atom is 0.310 e. The first-order valence-electron chi connectivity index (χ1n) is 9.95. The summed E-state index contributed by atoms with van der Waals surface area (Å²) in [6, 6.07) is 6.38. The van der Waals surface area contributed by atoms with E-state index in [-0.39, 0.29) is 28.9 Å². The number of carbonyl (C=O) groups is 1. The molecule has 144 valence electrons. The zero-order valence-electron chi connectivity index (χ0n) is 16.6. The van der Waals surface area contributed by atoms with Gasteiger partial charge in [-0.15, -0.1) is 0 Å². The quantitative estimate of drug-likeness (QED) is 0.593. The van der Waals surface area contributed by atoms with Crippen molar-refractivity contribution in [2.24, 2.45) is 11.8 Å². The van der Waals surface area contributed by atoms with E-state index in [4.69, 9.17) is 9.47 Å². The molecule has 3 saturated heterocycles. The van der Waals surface area contributed by atoms with Crippen molar-refractivity contribution >= 4 is 11.7 Å². The molecule has 1 spiro atoms. The van der Waals surface area contributed by atoms with Gasteiger partial charge < -0.3 is 14.4 Å². The Kier molecular flexibility index (Phi) is 3.49. The van der Waals surface area contributed by atoms with Gasteiger partial charge in [0, 0.05) is 31.2 Å². The zero-order chi connectivity index (χ0) is 19.0. The summed E-state index contributed by atoms with van der Waals surface area (Å²) in [5.41, 5.74) is 3.51. The lowest BCUT2D eigenvalue weighted by atomic mass is 9.54. The van der Waals surface area contributed by atoms with Gasteiger partial charge in [-0.3, -0.25) is 9.69 Å². The molecule has 4 bridgehead atoms. The van der Waals surface area contributed by atoms with E-state index < -0.39 is 0 Å². The van der Waals surface area contributed by atoms with Gasteiger partial charge in [-0.05, 0) is 55.9 Å². The molecule has 1 aromatic rings. The van der Waals surface area contributed by atoms with E-state index in [2.05, 4.69) is 42.0 Å². The Labute approximate surface area is 160 Å². The SMILES string of the molecule is C/C=C1/CN2CC[C@@]34c5cc(OC)ccc5N(C)C23CCC1[C@H]4C(=O)OC.